The number of Topliss-reactive ketones (excluding diaryl/α,β-unsaturated/α-hetero) is 1. The zero-order valence-corrected chi connectivity index (χ0v) is 15.6. The van der Waals surface area contributed by atoms with Crippen LogP contribution in [0.2, 0.25) is 0 Å². The molecule has 2 aliphatic rings. The van der Waals surface area contributed by atoms with Gasteiger partial charge in [-0.15, -0.1) is 11.3 Å². The second kappa shape index (κ2) is 6.71. The van der Waals surface area contributed by atoms with Crippen molar-refractivity contribution in [2.24, 2.45) is 0 Å². The van der Waals surface area contributed by atoms with Crippen molar-refractivity contribution >= 4 is 28.5 Å². The van der Waals surface area contributed by atoms with E-state index in [0.717, 1.165) is 29.1 Å². The first-order valence-electron chi connectivity index (χ1n) is 9.27. The average Bonchev–Trinajstić information content (AvgIpc) is 3.17. The Balaban J connectivity index is 1.61. The molecule has 0 saturated carbocycles. The van der Waals surface area contributed by atoms with Crippen LogP contribution in [0.5, 0.6) is 0 Å². The van der Waals surface area contributed by atoms with Crippen LogP contribution >= 0.6 is 11.3 Å². The van der Waals surface area contributed by atoms with Crippen molar-refractivity contribution in [3.05, 3.63) is 93.8 Å². The highest BCUT2D eigenvalue weighted by molar-refractivity contribution is 7.10. The van der Waals surface area contributed by atoms with Crippen LogP contribution in [-0.4, -0.2) is 5.78 Å². The highest BCUT2D eigenvalue weighted by Crippen LogP contribution is 2.44. The monoisotopic (exact) mass is 372 g/mol. The Kier molecular flexibility index (Phi) is 4.06. The number of thiophene rings is 1. The standard InChI is InChI=1S/C23H20N2OS/c26-20-14-16(15-7-2-1-3-8-15)13-19-22(20)23(21-11-6-12-27-21)25-18-10-5-4-9-17(18)24-19/h1-12,16,23-25H,13-14H2/t16-,23+/m1/s1. The van der Waals surface area contributed by atoms with Crippen LogP contribution in [0.3, 0.4) is 0 Å². The summed E-state index contributed by atoms with van der Waals surface area (Å²) in [5.74, 6) is 0.454. The van der Waals surface area contributed by atoms with E-state index in [1.54, 1.807) is 11.3 Å². The molecule has 27 heavy (non-hydrogen) atoms. The van der Waals surface area contributed by atoms with E-state index in [-0.39, 0.29) is 17.7 Å². The van der Waals surface area contributed by atoms with Crippen molar-refractivity contribution in [2.75, 3.05) is 10.6 Å². The molecule has 1 aromatic heterocycles. The highest BCUT2D eigenvalue weighted by atomic mass is 32.1. The van der Waals surface area contributed by atoms with Crippen LogP contribution in [0.1, 0.15) is 35.2 Å². The lowest BCUT2D eigenvalue weighted by molar-refractivity contribution is -0.116. The molecular weight excluding hydrogens is 352 g/mol. The molecule has 0 bridgehead atoms. The van der Waals surface area contributed by atoms with E-state index in [4.69, 9.17) is 0 Å². The predicted molar refractivity (Wildman–Crippen MR) is 111 cm³/mol. The van der Waals surface area contributed by atoms with Gasteiger partial charge in [0.1, 0.15) is 0 Å². The number of anilines is 2. The van der Waals surface area contributed by atoms with Gasteiger partial charge in [-0.25, -0.2) is 0 Å². The Morgan fingerprint density at radius 1 is 0.852 bits per heavy atom. The van der Waals surface area contributed by atoms with E-state index < -0.39 is 0 Å². The molecule has 0 fully saturated rings. The first kappa shape index (κ1) is 16.3. The Morgan fingerprint density at radius 2 is 1.63 bits per heavy atom. The van der Waals surface area contributed by atoms with Crippen molar-refractivity contribution < 1.29 is 4.79 Å². The summed E-state index contributed by atoms with van der Waals surface area (Å²) in [6, 6.07) is 22.6. The van der Waals surface area contributed by atoms with Gasteiger partial charge in [-0.3, -0.25) is 4.79 Å². The van der Waals surface area contributed by atoms with E-state index in [0.29, 0.717) is 6.42 Å². The van der Waals surface area contributed by atoms with Gasteiger partial charge in [0.25, 0.3) is 0 Å². The molecule has 0 saturated heterocycles. The summed E-state index contributed by atoms with van der Waals surface area (Å²) >= 11 is 1.69. The number of hydrogen-bond donors (Lipinski definition) is 2. The fourth-order valence-corrected chi connectivity index (χ4v) is 4.91. The molecule has 0 radical (unpaired) electrons. The molecule has 3 nitrogen and oxygen atoms in total. The summed E-state index contributed by atoms with van der Waals surface area (Å²) in [5.41, 5.74) is 5.24. The van der Waals surface area contributed by atoms with E-state index >= 15 is 0 Å². The van der Waals surface area contributed by atoms with Gasteiger partial charge in [-0.2, -0.15) is 0 Å². The van der Waals surface area contributed by atoms with Gasteiger partial charge in [0.15, 0.2) is 5.78 Å². The number of carbonyl (C=O) groups is 1. The fourth-order valence-electron chi connectivity index (χ4n) is 4.12. The number of allylic oxidation sites excluding steroid dienone is 1. The molecule has 4 heteroatoms. The van der Waals surface area contributed by atoms with Crippen LogP contribution < -0.4 is 10.6 Å². The molecule has 1 aliphatic carbocycles. The minimum atomic E-state index is -0.0969. The molecule has 1 aliphatic heterocycles. The van der Waals surface area contributed by atoms with E-state index in [9.17, 15) is 4.79 Å². The molecular formula is C23H20N2OS. The van der Waals surface area contributed by atoms with E-state index in [2.05, 4.69) is 58.5 Å². The van der Waals surface area contributed by atoms with Gasteiger partial charge in [0.05, 0.1) is 17.4 Å². The minimum absolute atomic E-state index is 0.0969. The molecule has 2 heterocycles. The van der Waals surface area contributed by atoms with Gasteiger partial charge in [0.2, 0.25) is 0 Å². The number of carbonyl (C=O) groups excluding carboxylic acids is 1. The zero-order chi connectivity index (χ0) is 18.2. The third kappa shape index (κ3) is 2.96. The molecule has 2 aromatic carbocycles. The normalized spacial score (nSPS) is 21.6. The topological polar surface area (TPSA) is 41.1 Å². The maximum Gasteiger partial charge on any atom is 0.163 e. The maximum atomic E-state index is 13.3. The van der Waals surface area contributed by atoms with Crippen LogP contribution in [0.25, 0.3) is 0 Å². The summed E-state index contributed by atoms with van der Waals surface area (Å²) in [6.45, 7) is 0. The van der Waals surface area contributed by atoms with Crippen LogP contribution in [0.15, 0.2) is 83.4 Å². The largest absolute Gasteiger partial charge is 0.372 e. The van der Waals surface area contributed by atoms with Crippen molar-refractivity contribution in [2.45, 2.75) is 24.8 Å². The van der Waals surface area contributed by atoms with Gasteiger partial charge in [-0.05, 0) is 41.5 Å². The summed E-state index contributed by atoms with van der Waals surface area (Å²) in [7, 11) is 0. The molecule has 2 N–H and O–H groups in total. The molecule has 2 atom stereocenters. The number of rotatable bonds is 2. The average molecular weight is 372 g/mol. The molecule has 0 amide bonds. The fraction of sp³-hybridized carbons (Fsp3) is 0.174. The Bertz CT molecular complexity index is 1010. The van der Waals surface area contributed by atoms with Crippen molar-refractivity contribution in [3.63, 3.8) is 0 Å². The number of fused-ring (bicyclic) bond motifs is 1. The van der Waals surface area contributed by atoms with Gasteiger partial charge in [-0.1, -0.05) is 48.5 Å². The Morgan fingerprint density at radius 3 is 2.41 bits per heavy atom. The molecule has 3 aromatic rings. The minimum Gasteiger partial charge on any atom is -0.372 e. The number of ketones is 1. The van der Waals surface area contributed by atoms with Crippen LogP contribution in [-0.2, 0) is 4.79 Å². The lowest BCUT2D eigenvalue weighted by Gasteiger charge is -2.29. The lowest BCUT2D eigenvalue weighted by atomic mass is 9.79. The van der Waals surface area contributed by atoms with Crippen molar-refractivity contribution in [1.82, 2.24) is 0 Å². The first-order valence-corrected chi connectivity index (χ1v) is 10.1. The number of nitrogens with one attached hydrogen (secondary N) is 2. The molecule has 0 spiro atoms. The predicted octanol–water partition coefficient (Wildman–Crippen LogP) is 5.73. The smallest absolute Gasteiger partial charge is 0.163 e. The Hall–Kier alpha value is -2.85. The SMILES string of the molecule is O=C1C[C@H](c2ccccc2)CC2=C1[C@H](c1cccs1)Nc1ccccc1N2. The second-order valence-electron chi connectivity index (χ2n) is 7.09. The van der Waals surface area contributed by atoms with Gasteiger partial charge < -0.3 is 10.6 Å². The zero-order valence-electron chi connectivity index (χ0n) is 14.8. The van der Waals surface area contributed by atoms with Crippen molar-refractivity contribution in [1.29, 1.82) is 0 Å². The van der Waals surface area contributed by atoms with Crippen LogP contribution in [0.4, 0.5) is 11.4 Å². The van der Waals surface area contributed by atoms with Gasteiger partial charge in [0, 0.05) is 22.6 Å². The Labute approximate surface area is 162 Å². The number of para-hydroxylation sites is 2. The molecule has 0 unspecified atom stereocenters. The van der Waals surface area contributed by atoms with Crippen molar-refractivity contribution in [3.8, 4) is 0 Å². The molecule has 134 valence electrons. The lowest BCUT2D eigenvalue weighted by Crippen LogP contribution is -2.26. The quantitative estimate of drug-likeness (QED) is 0.604. The summed E-state index contributed by atoms with van der Waals surface area (Å²) in [4.78, 5) is 14.5. The molecule has 5 rings (SSSR count). The van der Waals surface area contributed by atoms with E-state index in [1.807, 2.05) is 24.3 Å². The first-order chi connectivity index (χ1) is 13.3. The summed E-state index contributed by atoms with van der Waals surface area (Å²) < 4.78 is 0. The number of benzene rings is 2. The third-order valence-corrected chi connectivity index (χ3v) is 6.34. The summed E-state index contributed by atoms with van der Waals surface area (Å²) in [5, 5.41) is 9.27. The summed E-state index contributed by atoms with van der Waals surface area (Å²) in [6.07, 6.45) is 1.41. The third-order valence-electron chi connectivity index (χ3n) is 5.41. The number of hydrogen-bond acceptors (Lipinski definition) is 4. The highest BCUT2D eigenvalue weighted by Gasteiger charge is 2.36. The maximum absolute atomic E-state index is 13.3. The van der Waals surface area contributed by atoms with Gasteiger partial charge >= 0.3 is 0 Å². The van der Waals surface area contributed by atoms with Crippen LogP contribution in [0, 0.1) is 0 Å². The second-order valence-corrected chi connectivity index (χ2v) is 8.07. The van der Waals surface area contributed by atoms with E-state index in [1.165, 1.54) is 10.4 Å².